The Morgan fingerprint density at radius 3 is 2.77 bits per heavy atom. The zero-order valence-electron chi connectivity index (χ0n) is 12.6. The van der Waals surface area contributed by atoms with E-state index in [4.69, 9.17) is 0 Å². The molecule has 1 aromatic rings. The standard InChI is InChI=1S/C17H21N3OS/c21-17(13-8-16(22-11-13)14-9-18-19-10-14)20-7-3-5-12-4-1-2-6-15(12)20/h8-12,14-15H,1-7H2. The largest absolute Gasteiger partial charge is 0.335 e. The Hall–Kier alpha value is -1.49. The van der Waals surface area contributed by atoms with E-state index in [0.717, 1.165) is 29.3 Å². The van der Waals surface area contributed by atoms with Crippen LogP contribution in [0.5, 0.6) is 0 Å². The van der Waals surface area contributed by atoms with Crippen LogP contribution in [0.25, 0.3) is 0 Å². The van der Waals surface area contributed by atoms with Crippen LogP contribution >= 0.6 is 11.3 Å². The second kappa shape index (κ2) is 5.95. The van der Waals surface area contributed by atoms with Gasteiger partial charge in [-0.2, -0.15) is 10.2 Å². The molecule has 4 nitrogen and oxygen atoms in total. The molecule has 2 fully saturated rings. The summed E-state index contributed by atoms with van der Waals surface area (Å²) in [4.78, 5) is 16.3. The van der Waals surface area contributed by atoms with Crippen LogP contribution in [0, 0.1) is 5.92 Å². The fourth-order valence-corrected chi connectivity index (χ4v) is 4.99. The number of amides is 1. The molecule has 5 heteroatoms. The summed E-state index contributed by atoms with van der Waals surface area (Å²) in [7, 11) is 0. The molecule has 2 unspecified atom stereocenters. The van der Waals surface area contributed by atoms with Crippen molar-refractivity contribution in [2.75, 3.05) is 6.54 Å². The molecule has 1 amide bonds. The van der Waals surface area contributed by atoms with Crippen molar-refractivity contribution >= 4 is 29.7 Å². The first-order valence-electron chi connectivity index (χ1n) is 8.29. The lowest BCUT2D eigenvalue weighted by molar-refractivity contribution is 0.0391. The first-order valence-corrected chi connectivity index (χ1v) is 9.17. The second-order valence-electron chi connectivity index (χ2n) is 6.55. The number of rotatable bonds is 2. The summed E-state index contributed by atoms with van der Waals surface area (Å²) < 4.78 is 0. The third-order valence-corrected chi connectivity index (χ3v) is 6.25. The summed E-state index contributed by atoms with van der Waals surface area (Å²) in [6.45, 7) is 0.928. The van der Waals surface area contributed by atoms with Gasteiger partial charge in [0.15, 0.2) is 0 Å². The second-order valence-corrected chi connectivity index (χ2v) is 7.49. The molecule has 1 saturated heterocycles. The number of carbonyl (C=O) groups excluding carboxylic acids is 1. The van der Waals surface area contributed by atoms with Crippen molar-refractivity contribution in [2.24, 2.45) is 16.1 Å². The normalized spacial score (nSPS) is 28.1. The molecule has 0 radical (unpaired) electrons. The quantitative estimate of drug-likeness (QED) is 0.821. The Morgan fingerprint density at radius 1 is 1.14 bits per heavy atom. The van der Waals surface area contributed by atoms with E-state index in [1.54, 1.807) is 11.3 Å². The van der Waals surface area contributed by atoms with Gasteiger partial charge in [-0.25, -0.2) is 0 Å². The highest BCUT2D eigenvalue weighted by Crippen LogP contribution is 2.36. The maximum atomic E-state index is 12.9. The lowest BCUT2D eigenvalue weighted by atomic mass is 9.78. The van der Waals surface area contributed by atoms with E-state index < -0.39 is 0 Å². The smallest absolute Gasteiger partial charge is 0.254 e. The Morgan fingerprint density at radius 2 is 1.91 bits per heavy atom. The van der Waals surface area contributed by atoms with E-state index in [0.29, 0.717) is 6.04 Å². The molecule has 116 valence electrons. The van der Waals surface area contributed by atoms with Crippen molar-refractivity contribution in [3.05, 3.63) is 21.9 Å². The first-order chi connectivity index (χ1) is 10.8. The molecule has 4 rings (SSSR count). The lowest BCUT2D eigenvalue weighted by Crippen LogP contribution is -2.49. The SMILES string of the molecule is O=C(c1csc(C2C=NN=C2)c1)N1CCCC2CCCCC21. The van der Waals surface area contributed by atoms with Crippen LogP contribution in [-0.2, 0) is 0 Å². The number of carbonyl (C=O) groups is 1. The Kier molecular flexibility index (Phi) is 3.82. The summed E-state index contributed by atoms with van der Waals surface area (Å²) in [5.41, 5.74) is 0.847. The fraction of sp³-hybridized carbons (Fsp3) is 0.588. The molecular weight excluding hydrogens is 294 g/mol. The van der Waals surface area contributed by atoms with Crippen molar-refractivity contribution in [2.45, 2.75) is 50.5 Å². The Bertz CT molecular complexity index is 607. The molecule has 2 atom stereocenters. The van der Waals surface area contributed by atoms with Gasteiger partial charge in [0.2, 0.25) is 0 Å². The summed E-state index contributed by atoms with van der Waals surface area (Å²) in [6.07, 6.45) is 11.2. The minimum absolute atomic E-state index is 0.148. The molecule has 0 spiro atoms. The van der Waals surface area contributed by atoms with Gasteiger partial charge in [-0.05, 0) is 37.7 Å². The number of piperidine rings is 1. The van der Waals surface area contributed by atoms with Gasteiger partial charge in [0, 0.05) is 35.3 Å². The number of hydrogen-bond donors (Lipinski definition) is 0. The topological polar surface area (TPSA) is 45.0 Å². The summed E-state index contributed by atoms with van der Waals surface area (Å²) in [5, 5.41) is 9.79. The highest BCUT2D eigenvalue weighted by atomic mass is 32.1. The predicted octanol–water partition coefficient (Wildman–Crippen LogP) is 3.70. The van der Waals surface area contributed by atoms with Crippen LogP contribution in [0.15, 0.2) is 21.6 Å². The van der Waals surface area contributed by atoms with Crippen LogP contribution in [0.2, 0.25) is 0 Å². The predicted molar refractivity (Wildman–Crippen MR) is 90.1 cm³/mol. The highest BCUT2D eigenvalue weighted by molar-refractivity contribution is 7.10. The van der Waals surface area contributed by atoms with E-state index in [-0.39, 0.29) is 11.8 Å². The van der Waals surface area contributed by atoms with Crippen LogP contribution < -0.4 is 0 Å². The Labute approximate surface area is 134 Å². The van der Waals surface area contributed by atoms with E-state index in [2.05, 4.69) is 15.1 Å². The van der Waals surface area contributed by atoms with Crippen LogP contribution in [0.4, 0.5) is 0 Å². The summed E-state index contributed by atoms with van der Waals surface area (Å²) in [5.74, 6) is 1.11. The van der Waals surface area contributed by atoms with Gasteiger partial charge in [0.1, 0.15) is 0 Å². The number of hydrogen-bond acceptors (Lipinski definition) is 4. The fourth-order valence-electron chi connectivity index (χ4n) is 4.09. The minimum Gasteiger partial charge on any atom is -0.335 e. The molecule has 0 aromatic carbocycles. The van der Waals surface area contributed by atoms with E-state index in [9.17, 15) is 4.79 Å². The van der Waals surface area contributed by atoms with Crippen molar-refractivity contribution < 1.29 is 4.79 Å². The van der Waals surface area contributed by atoms with E-state index in [1.807, 2.05) is 23.9 Å². The van der Waals surface area contributed by atoms with Gasteiger partial charge in [-0.3, -0.25) is 4.79 Å². The van der Waals surface area contributed by atoms with Crippen molar-refractivity contribution in [3.8, 4) is 0 Å². The zero-order chi connectivity index (χ0) is 14.9. The molecular formula is C17H21N3OS. The zero-order valence-corrected chi connectivity index (χ0v) is 13.5. The van der Waals surface area contributed by atoms with E-state index >= 15 is 0 Å². The molecule has 3 heterocycles. The van der Waals surface area contributed by atoms with Crippen molar-refractivity contribution in [1.29, 1.82) is 0 Å². The molecule has 2 aliphatic heterocycles. The molecule has 22 heavy (non-hydrogen) atoms. The van der Waals surface area contributed by atoms with Crippen LogP contribution in [-0.4, -0.2) is 35.8 Å². The maximum Gasteiger partial charge on any atom is 0.254 e. The average molecular weight is 315 g/mol. The number of fused-ring (bicyclic) bond motifs is 1. The first kappa shape index (κ1) is 14.1. The highest BCUT2D eigenvalue weighted by Gasteiger charge is 2.36. The lowest BCUT2D eigenvalue weighted by Gasteiger charge is -2.44. The molecule has 1 aliphatic carbocycles. The van der Waals surface area contributed by atoms with Crippen molar-refractivity contribution in [1.82, 2.24) is 4.90 Å². The molecule has 0 N–H and O–H groups in total. The van der Waals surface area contributed by atoms with Gasteiger partial charge >= 0.3 is 0 Å². The third-order valence-electron chi connectivity index (χ3n) is 5.22. The summed E-state index contributed by atoms with van der Waals surface area (Å²) in [6, 6.07) is 2.51. The van der Waals surface area contributed by atoms with Crippen LogP contribution in [0.3, 0.4) is 0 Å². The molecule has 3 aliphatic rings. The van der Waals surface area contributed by atoms with Gasteiger partial charge in [-0.15, -0.1) is 11.3 Å². The number of nitrogens with zero attached hydrogens (tertiary/aromatic N) is 3. The van der Waals surface area contributed by atoms with Gasteiger partial charge < -0.3 is 4.90 Å². The maximum absolute atomic E-state index is 12.9. The molecule has 1 aromatic heterocycles. The average Bonchev–Trinajstić information content (AvgIpc) is 3.24. The third kappa shape index (κ3) is 2.51. The summed E-state index contributed by atoms with van der Waals surface area (Å²) >= 11 is 1.64. The number of likely N-dealkylation sites (tertiary alicyclic amines) is 1. The van der Waals surface area contributed by atoms with Crippen LogP contribution in [0.1, 0.15) is 59.7 Å². The van der Waals surface area contributed by atoms with Crippen molar-refractivity contribution in [3.63, 3.8) is 0 Å². The van der Waals surface area contributed by atoms with E-state index in [1.165, 1.54) is 32.1 Å². The van der Waals surface area contributed by atoms with Gasteiger partial charge in [0.25, 0.3) is 5.91 Å². The monoisotopic (exact) mass is 315 g/mol. The Balaban J connectivity index is 1.53. The number of thiophene rings is 1. The van der Waals surface area contributed by atoms with Gasteiger partial charge in [-0.1, -0.05) is 12.8 Å². The molecule has 1 saturated carbocycles. The minimum atomic E-state index is 0.148. The van der Waals surface area contributed by atoms with Gasteiger partial charge in [0.05, 0.1) is 11.5 Å². The molecule has 0 bridgehead atoms.